The molecule has 0 saturated carbocycles. The van der Waals surface area contributed by atoms with Gasteiger partial charge in [-0.1, -0.05) is 23.8 Å². The van der Waals surface area contributed by atoms with E-state index in [1.165, 1.54) is 43.9 Å². The molecule has 4 heterocycles. The predicted molar refractivity (Wildman–Crippen MR) is 173 cm³/mol. The Kier molecular flexibility index (Phi) is 9.90. The van der Waals surface area contributed by atoms with E-state index in [4.69, 9.17) is 4.98 Å². The molecule has 3 fully saturated rings. The van der Waals surface area contributed by atoms with E-state index in [-0.39, 0.29) is 0 Å². The number of nitrogens with zero attached hydrogens (tertiary/aromatic N) is 7. The molecule has 5 rings (SSSR count). The van der Waals surface area contributed by atoms with Crippen LogP contribution in [0.15, 0.2) is 48.7 Å². The minimum atomic E-state index is 0.412. The molecule has 2 aromatic rings. The second-order valence-corrected chi connectivity index (χ2v) is 13.5. The van der Waals surface area contributed by atoms with Crippen molar-refractivity contribution < 1.29 is 0 Å². The monoisotopic (exact) mass is 561 g/mol. The Morgan fingerprint density at radius 1 is 0.732 bits per heavy atom. The van der Waals surface area contributed by atoms with Crippen molar-refractivity contribution in [2.24, 2.45) is 0 Å². The van der Waals surface area contributed by atoms with Crippen molar-refractivity contribution in [2.45, 2.75) is 84.2 Å². The van der Waals surface area contributed by atoms with Gasteiger partial charge >= 0.3 is 0 Å². The second kappa shape index (κ2) is 13.4. The largest absolute Gasteiger partial charge is 0.364 e. The summed E-state index contributed by atoms with van der Waals surface area (Å²) in [4.78, 5) is 21.0. The zero-order chi connectivity index (χ0) is 29.1. The summed E-state index contributed by atoms with van der Waals surface area (Å²) in [7, 11) is 2.25. The first-order valence-electron chi connectivity index (χ1n) is 16.1. The van der Waals surface area contributed by atoms with Gasteiger partial charge in [-0.3, -0.25) is 14.7 Å². The molecule has 1 aromatic carbocycles. The van der Waals surface area contributed by atoms with Gasteiger partial charge in [0.15, 0.2) is 0 Å². The third-order valence-electron chi connectivity index (χ3n) is 10.0. The van der Waals surface area contributed by atoms with E-state index < -0.39 is 0 Å². The van der Waals surface area contributed by atoms with Crippen molar-refractivity contribution >= 4 is 11.5 Å². The van der Waals surface area contributed by atoms with Gasteiger partial charge in [-0.2, -0.15) is 0 Å². The molecular weight excluding hydrogens is 506 g/mol. The quantitative estimate of drug-likeness (QED) is 0.476. The number of anilines is 2. The molecule has 0 N–H and O–H groups in total. The minimum absolute atomic E-state index is 0.412. The highest BCUT2D eigenvalue weighted by molar-refractivity contribution is 5.50. The van der Waals surface area contributed by atoms with Crippen molar-refractivity contribution in [2.75, 3.05) is 75.8 Å². The highest BCUT2D eigenvalue weighted by Crippen LogP contribution is 2.33. The summed E-state index contributed by atoms with van der Waals surface area (Å²) in [5.74, 6) is 1.13. The lowest BCUT2D eigenvalue weighted by molar-refractivity contribution is 0.0537. The van der Waals surface area contributed by atoms with Gasteiger partial charge in [0.25, 0.3) is 0 Å². The van der Waals surface area contributed by atoms with E-state index >= 15 is 0 Å². The standard InChI is InChI=1S/C34H55N7/c1-26(2)38-20-21-39(30-13-11-28(5)12-14-30)32(24-38)33-25-41(34-10-8-9-15-35-34)31(23-40(33)27(3)4)22-29(6)37-18-16-36(7)17-19-37/h8-15,26-27,29,31-33H,16-25H2,1-7H3. The van der Waals surface area contributed by atoms with E-state index in [9.17, 15) is 0 Å². The van der Waals surface area contributed by atoms with Gasteiger partial charge in [-0.15, -0.1) is 0 Å². The molecule has 0 amide bonds. The topological polar surface area (TPSA) is 32.3 Å². The Morgan fingerprint density at radius 3 is 2.07 bits per heavy atom. The Balaban J connectivity index is 1.45. The zero-order valence-electron chi connectivity index (χ0n) is 26.8. The lowest BCUT2D eigenvalue weighted by Gasteiger charge is -2.56. The number of aromatic nitrogens is 1. The molecule has 226 valence electrons. The van der Waals surface area contributed by atoms with Crippen LogP contribution in [0.3, 0.4) is 0 Å². The van der Waals surface area contributed by atoms with Crippen LogP contribution in [0.25, 0.3) is 0 Å². The number of pyridine rings is 1. The molecule has 3 aliphatic heterocycles. The van der Waals surface area contributed by atoms with Crippen LogP contribution in [0.2, 0.25) is 0 Å². The van der Waals surface area contributed by atoms with Crippen molar-refractivity contribution in [3.05, 3.63) is 54.2 Å². The normalized spacial score (nSPS) is 26.7. The predicted octanol–water partition coefficient (Wildman–Crippen LogP) is 4.28. The van der Waals surface area contributed by atoms with Crippen LogP contribution in [-0.2, 0) is 0 Å². The molecular formula is C34H55N7. The van der Waals surface area contributed by atoms with Crippen molar-refractivity contribution in [1.82, 2.24) is 24.6 Å². The average molecular weight is 562 g/mol. The molecule has 3 aliphatic rings. The summed E-state index contributed by atoms with van der Waals surface area (Å²) in [6, 6.07) is 18.5. The maximum Gasteiger partial charge on any atom is 0.128 e. The third kappa shape index (κ3) is 7.07. The number of likely N-dealkylation sites (N-methyl/N-ethyl adjacent to an activating group) is 1. The van der Waals surface area contributed by atoms with E-state index in [2.05, 4.69) is 114 Å². The Hall–Kier alpha value is -2.19. The number of benzene rings is 1. The second-order valence-electron chi connectivity index (χ2n) is 13.5. The molecule has 7 nitrogen and oxygen atoms in total. The highest BCUT2D eigenvalue weighted by atomic mass is 15.4. The Bertz CT molecular complexity index is 1070. The van der Waals surface area contributed by atoms with Crippen LogP contribution in [0.5, 0.6) is 0 Å². The highest BCUT2D eigenvalue weighted by Gasteiger charge is 2.44. The van der Waals surface area contributed by atoms with Crippen molar-refractivity contribution in [3.8, 4) is 0 Å². The fourth-order valence-corrected chi connectivity index (χ4v) is 7.37. The number of rotatable bonds is 8. The van der Waals surface area contributed by atoms with Gasteiger partial charge in [0.05, 0.1) is 6.04 Å². The summed E-state index contributed by atoms with van der Waals surface area (Å²) in [6.45, 7) is 24.2. The smallest absolute Gasteiger partial charge is 0.128 e. The Morgan fingerprint density at radius 2 is 1.44 bits per heavy atom. The summed E-state index contributed by atoms with van der Waals surface area (Å²) in [5, 5.41) is 0. The average Bonchev–Trinajstić information content (AvgIpc) is 2.98. The first-order valence-corrected chi connectivity index (χ1v) is 16.1. The maximum atomic E-state index is 4.93. The minimum Gasteiger partial charge on any atom is -0.364 e. The molecule has 41 heavy (non-hydrogen) atoms. The van der Waals surface area contributed by atoms with E-state index in [0.717, 1.165) is 38.5 Å². The zero-order valence-corrected chi connectivity index (χ0v) is 26.8. The summed E-state index contributed by atoms with van der Waals surface area (Å²) >= 11 is 0. The van der Waals surface area contributed by atoms with Crippen LogP contribution in [0, 0.1) is 6.92 Å². The van der Waals surface area contributed by atoms with Gasteiger partial charge in [0, 0.05) is 101 Å². The fraction of sp³-hybridized carbons (Fsp3) is 0.676. The fourth-order valence-electron chi connectivity index (χ4n) is 7.37. The van der Waals surface area contributed by atoms with Crippen LogP contribution in [0.1, 0.15) is 46.6 Å². The first-order chi connectivity index (χ1) is 19.7. The summed E-state index contributed by atoms with van der Waals surface area (Å²) in [6.07, 6.45) is 3.14. The van der Waals surface area contributed by atoms with Crippen molar-refractivity contribution in [1.29, 1.82) is 0 Å². The van der Waals surface area contributed by atoms with E-state index in [0.29, 0.717) is 36.3 Å². The number of piperazine rings is 3. The van der Waals surface area contributed by atoms with E-state index in [1.807, 2.05) is 12.3 Å². The molecule has 7 heteroatoms. The molecule has 0 radical (unpaired) electrons. The summed E-state index contributed by atoms with van der Waals surface area (Å²) in [5.41, 5.74) is 2.69. The molecule has 4 unspecified atom stereocenters. The van der Waals surface area contributed by atoms with Crippen LogP contribution >= 0.6 is 0 Å². The molecule has 0 bridgehead atoms. The van der Waals surface area contributed by atoms with Gasteiger partial charge < -0.3 is 14.7 Å². The lowest BCUT2D eigenvalue weighted by atomic mass is 9.91. The first kappa shape index (κ1) is 30.3. The summed E-state index contributed by atoms with van der Waals surface area (Å²) < 4.78 is 0. The van der Waals surface area contributed by atoms with Crippen molar-refractivity contribution in [3.63, 3.8) is 0 Å². The molecule has 4 atom stereocenters. The number of aryl methyl sites for hydroxylation is 1. The van der Waals surface area contributed by atoms with Gasteiger partial charge in [0.1, 0.15) is 5.82 Å². The van der Waals surface area contributed by atoms with Gasteiger partial charge in [-0.25, -0.2) is 4.98 Å². The van der Waals surface area contributed by atoms with Gasteiger partial charge in [0.2, 0.25) is 0 Å². The third-order valence-corrected chi connectivity index (χ3v) is 10.0. The van der Waals surface area contributed by atoms with Crippen LogP contribution in [-0.4, -0.2) is 127 Å². The molecule has 0 aliphatic carbocycles. The Labute approximate surface area is 250 Å². The molecule has 1 aromatic heterocycles. The van der Waals surface area contributed by atoms with Gasteiger partial charge in [-0.05, 0) is 79.3 Å². The molecule has 0 spiro atoms. The lowest BCUT2D eigenvalue weighted by Crippen LogP contribution is -2.70. The van der Waals surface area contributed by atoms with E-state index in [1.54, 1.807) is 0 Å². The molecule has 3 saturated heterocycles. The number of hydrogen-bond donors (Lipinski definition) is 0. The van der Waals surface area contributed by atoms with Crippen LogP contribution < -0.4 is 9.80 Å². The number of hydrogen-bond acceptors (Lipinski definition) is 7. The SMILES string of the molecule is Cc1ccc(N2CCN(C(C)C)CC2C2CN(c3ccccn3)C(CC(C)N3CCN(C)CC3)CN2C(C)C)cc1. The van der Waals surface area contributed by atoms with Crippen LogP contribution in [0.4, 0.5) is 11.5 Å². The maximum absolute atomic E-state index is 4.93.